The van der Waals surface area contributed by atoms with E-state index in [-0.39, 0.29) is 0 Å². The SMILES string of the molecule is CNC1c2c(c(Br)cc(OC)c2OC)CC1C. The van der Waals surface area contributed by atoms with Gasteiger partial charge in [-0.25, -0.2) is 0 Å². The summed E-state index contributed by atoms with van der Waals surface area (Å²) in [6.45, 7) is 2.25. The average molecular weight is 300 g/mol. The second-order valence-corrected chi connectivity index (χ2v) is 5.29. The average Bonchev–Trinajstić information content (AvgIpc) is 2.66. The zero-order valence-electron chi connectivity index (χ0n) is 10.6. The molecule has 17 heavy (non-hydrogen) atoms. The van der Waals surface area contributed by atoms with E-state index in [2.05, 4.69) is 28.2 Å². The monoisotopic (exact) mass is 299 g/mol. The molecule has 3 nitrogen and oxygen atoms in total. The molecular weight excluding hydrogens is 282 g/mol. The molecule has 0 bridgehead atoms. The standard InChI is InChI=1S/C13H18BrNO2/c1-7-5-8-9(14)6-10(16-3)13(17-4)11(8)12(7)15-2/h6-7,12,15H,5H2,1-4H3. The number of ether oxygens (including phenoxy) is 2. The minimum absolute atomic E-state index is 0.325. The summed E-state index contributed by atoms with van der Waals surface area (Å²) in [5.74, 6) is 2.20. The predicted molar refractivity (Wildman–Crippen MR) is 71.9 cm³/mol. The van der Waals surface area contributed by atoms with Crippen molar-refractivity contribution in [3.63, 3.8) is 0 Å². The van der Waals surface area contributed by atoms with Crippen LogP contribution in [0.3, 0.4) is 0 Å². The fraction of sp³-hybridized carbons (Fsp3) is 0.538. The summed E-state index contributed by atoms with van der Waals surface area (Å²) in [6.07, 6.45) is 1.06. The fourth-order valence-electron chi connectivity index (χ4n) is 2.72. The lowest BCUT2D eigenvalue weighted by atomic mass is 10.0. The third-order valence-corrected chi connectivity index (χ3v) is 4.19. The second-order valence-electron chi connectivity index (χ2n) is 4.43. The second kappa shape index (κ2) is 4.86. The zero-order chi connectivity index (χ0) is 12.6. The van der Waals surface area contributed by atoms with Gasteiger partial charge in [-0.3, -0.25) is 0 Å². The molecule has 0 saturated heterocycles. The van der Waals surface area contributed by atoms with Crippen molar-refractivity contribution in [2.24, 2.45) is 5.92 Å². The molecule has 2 unspecified atom stereocenters. The summed E-state index contributed by atoms with van der Waals surface area (Å²) >= 11 is 3.62. The van der Waals surface area contributed by atoms with Crippen molar-refractivity contribution in [1.82, 2.24) is 5.32 Å². The van der Waals surface area contributed by atoms with Gasteiger partial charge < -0.3 is 14.8 Å². The lowest BCUT2D eigenvalue weighted by Gasteiger charge is -2.19. The van der Waals surface area contributed by atoms with Crippen LogP contribution in [0.4, 0.5) is 0 Å². The van der Waals surface area contributed by atoms with Gasteiger partial charge in [-0.2, -0.15) is 0 Å². The van der Waals surface area contributed by atoms with E-state index in [4.69, 9.17) is 9.47 Å². The van der Waals surface area contributed by atoms with Crippen LogP contribution in [0, 0.1) is 5.92 Å². The number of hydrogen-bond donors (Lipinski definition) is 1. The van der Waals surface area contributed by atoms with E-state index in [1.165, 1.54) is 11.1 Å². The molecule has 94 valence electrons. The zero-order valence-corrected chi connectivity index (χ0v) is 12.2. The van der Waals surface area contributed by atoms with Crippen LogP contribution in [0.25, 0.3) is 0 Å². The molecule has 4 heteroatoms. The Balaban J connectivity index is 2.64. The number of methoxy groups -OCH3 is 2. The van der Waals surface area contributed by atoms with Crippen LogP contribution in [0.2, 0.25) is 0 Å². The Bertz CT molecular complexity index is 434. The minimum atomic E-state index is 0.325. The molecule has 0 fully saturated rings. The van der Waals surface area contributed by atoms with Crippen LogP contribution in [0.5, 0.6) is 11.5 Å². The summed E-state index contributed by atoms with van der Waals surface area (Å²) in [5, 5.41) is 3.37. The minimum Gasteiger partial charge on any atom is -0.493 e. The largest absolute Gasteiger partial charge is 0.493 e. The normalized spacial score (nSPS) is 22.4. The van der Waals surface area contributed by atoms with Crippen LogP contribution >= 0.6 is 15.9 Å². The molecule has 0 amide bonds. The highest BCUT2D eigenvalue weighted by Gasteiger charge is 2.34. The molecule has 0 heterocycles. The van der Waals surface area contributed by atoms with Gasteiger partial charge in [-0.05, 0) is 31.0 Å². The molecule has 1 N–H and O–H groups in total. The summed E-state index contributed by atoms with van der Waals surface area (Å²) in [5.41, 5.74) is 2.56. The fourth-order valence-corrected chi connectivity index (χ4v) is 3.30. The molecule has 1 aliphatic carbocycles. The van der Waals surface area contributed by atoms with Crippen LogP contribution in [-0.2, 0) is 6.42 Å². The van der Waals surface area contributed by atoms with Crippen LogP contribution < -0.4 is 14.8 Å². The van der Waals surface area contributed by atoms with E-state index in [1.54, 1.807) is 14.2 Å². The van der Waals surface area contributed by atoms with Gasteiger partial charge in [0.25, 0.3) is 0 Å². The molecule has 0 radical (unpaired) electrons. The molecule has 1 aromatic carbocycles. The first-order valence-electron chi connectivity index (χ1n) is 5.74. The molecule has 0 aliphatic heterocycles. The number of nitrogens with one attached hydrogen (secondary N) is 1. The molecular formula is C13H18BrNO2. The molecule has 1 aromatic rings. The van der Waals surface area contributed by atoms with Gasteiger partial charge in [0.1, 0.15) is 0 Å². The van der Waals surface area contributed by atoms with Crippen molar-refractivity contribution in [2.45, 2.75) is 19.4 Å². The Morgan fingerprint density at radius 3 is 2.59 bits per heavy atom. The Morgan fingerprint density at radius 2 is 2.06 bits per heavy atom. The highest BCUT2D eigenvalue weighted by atomic mass is 79.9. The number of benzene rings is 1. The molecule has 0 spiro atoms. The summed E-state index contributed by atoms with van der Waals surface area (Å²) < 4.78 is 12.0. The first-order valence-corrected chi connectivity index (χ1v) is 6.53. The maximum Gasteiger partial charge on any atom is 0.165 e. The van der Waals surface area contributed by atoms with Gasteiger partial charge in [0.05, 0.1) is 14.2 Å². The van der Waals surface area contributed by atoms with E-state index >= 15 is 0 Å². The van der Waals surface area contributed by atoms with Crippen LogP contribution in [0.15, 0.2) is 10.5 Å². The molecule has 0 aromatic heterocycles. The third kappa shape index (κ3) is 1.93. The maximum atomic E-state index is 5.53. The Hall–Kier alpha value is -0.740. The number of rotatable bonds is 3. The third-order valence-electron chi connectivity index (χ3n) is 3.48. The molecule has 0 saturated carbocycles. The van der Waals surface area contributed by atoms with Gasteiger partial charge in [0, 0.05) is 16.1 Å². The highest BCUT2D eigenvalue weighted by Crippen LogP contribution is 2.48. The first-order chi connectivity index (χ1) is 8.13. The smallest absolute Gasteiger partial charge is 0.165 e. The molecule has 1 aliphatic rings. The van der Waals surface area contributed by atoms with E-state index in [9.17, 15) is 0 Å². The summed E-state index contributed by atoms with van der Waals surface area (Å²) in [4.78, 5) is 0. The number of halogens is 1. The summed E-state index contributed by atoms with van der Waals surface area (Å²) in [7, 11) is 5.36. The topological polar surface area (TPSA) is 30.5 Å². The Kier molecular flexibility index (Phi) is 3.64. The molecule has 2 atom stereocenters. The van der Waals surface area contributed by atoms with Gasteiger partial charge in [-0.15, -0.1) is 0 Å². The van der Waals surface area contributed by atoms with E-state index < -0.39 is 0 Å². The van der Waals surface area contributed by atoms with E-state index in [1.807, 2.05) is 13.1 Å². The van der Waals surface area contributed by atoms with Gasteiger partial charge in [-0.1, -0.05) is 22.9 Å². The highest BCUT2D eigenvalue weighted by molar-refractivity contribution is 9.10. The van der Waals surface area contributed by atoms with Crippen molar-refractivity contribution in [3.05, 3.63) is 21.7 Å². The number of fused-ring (bicyclic) bond motifs is 1. The van der Waals surface area contributed by atoms with Crippen molar-refractivity contribution in [2.75, 3.05) is 21.3 Å². The lowest BCUT2D eigenvalue weighted by molar-refractivity contribution is 0.344. The van der Waals surface area contributed by atoms with Crippen molar-refractivity contribution in [3.8, 4) is 11.5 Å². The van der Waals surface area contributed by atoms with Crippen molar-refractivity contribution < 1.29 is 9.47 Å². The van der Waals surface area contributed by atoms with Gasteiger partial charge >= 0.3 is 0 Å². The van der Waals surface area contributed by atoms with Crippen LogP contribution in [-0.4, -0.2) is 21.3 Å². The predicted octanol–water partition coefficient (Wildman–Crippen LogP) is 2.92. The summed E-state index contributed by atoms with van der Waals surface area (Å²) in [6, 6.07) is 2.31. The van der Waals surface area contributed by atoms with Gasteiger partial charge in [0.15, 0.2) is 11.5 Å². The Labute approximate surface area is 111 Å². The number of hydrogen-bond acceptors (Lipinski definition) is 3. The molecule has 2 rings (SSSR count). The van der Waals surface area contributed by atoms with Crippen LogP contribution in [0.1, 0.15) is 24.1 Å². The first kappa shape index (κ1) is 12.7. The van der Waals surface area contributed by atoms with E-state index in [0.29, 0.717) is 12.0 Å². The lowest BCUT2D eigenvalue weighted by Crippen LogP contribution is -2.20. The van der Waals surface area contributed by atoms with Gasteiger partial charge in [0.2, 0.25) is 0 Å². The van der Waals surface area contributed by atoms with E-state index in [0.717, 1.165) is 22.4 Å². The quantitative estimate of drug-likeness (QED) is 0.931. The van der Waals surface area contributed by atoms with Crippen molar-refractivity contribution in [1.29, 1.82) is 0 Å². The Morgan fingerprint density at radius 1 is 1.35 bits per heavy atom. The maximum absolute atomic E-state index is 5.53. The van der Waals surface area contributed by atoms with Crippen molar-refractivity contribution >= 4 is 15.9 Å².